The van der Waals surface area contributed by atoms with Gasteiger partial charge in [0.15, 0.2) is 0 Å². The average molecular weight is 253 g/mol. The Balaban J connectivity index is 2.30. The summed E-state index contributed by atoms with van der Waals surface area (Å²) in [7, 11) is 0. The van der Waals surface area contributed by atoms with E-state index in [2.05, 4.69) is 69.3 Å². The van der Waals surface area contributed by atoms with Crippen molar-refractivity contribution in [1.29, 1.82) is 0 Å². The van der Waals surface area contributed by atoms with Gasteiger partial charge in [-0.15, -0.1) is 0 Å². The maximum Gasteiger partial charge on any atom is 0.0364 e. The third-order valence-electron chi connectivity index (χ3n) is 4.02. The lowest BCUT2D eigenvalue weighted by molar-refractivity contribution is 0.539. The second-order valence-electron chi connectivity index (χ2n) is 5.29. The van der Waals surface area contributed by atoms with Gasteiger partial charge in [0.2, 0.25) is 0 Å². The van der Waals surface area contributed by atoms with Gasteiger partial charge >= 0.3 is 0 Å². The minimum Gasteiger partial charge on any atom is -0.323 e. The number of nitrogens with two attached hydrogens (primary N) is 1. The molecule has 1 heteroatoms. The summed E-state index contributed by atoms with van der Waals surface area (Å²) in [6, 6.07) is 17.2. The van der Waals surface area contributed by atoms with Gasteiger partial charge in [-0.1, -0.05) is 55.5 Å². The van der Waals surface area contributed by atoms with Crippen LogP contribution in [-0.4, -0.2) is 0 Å². The molecule has 2 unspecified atom stereocenters. The largest absolute Gasteiger partial charge is 0.323 e. The molecule has 0 aliphatic carbocycles. The van der Waals surface area contributed by atoms with Crippen molar-refractivity contribution in [1.82, 2.24) is 0 Å². The fraction of sp³-hybridized carbons (Fsp3) is 0.333. The third-order valence-corrected chi connectivity index (χ3v) is 4.02. The van der Waals surface area contributed by atoms with Crippen molar-refractivity contribution in [3.8, 4) is 0 Å². The molecule has 0 aliphatic heterocycles. The molecule has 0 aromatic heterocycles. The first-order valence-electron chi connectivity index (χ1n) is 7.01. The summed E-state index contributed by atoms with van der Waals surface area (Å²) in [5.41, 5.74) is 11.7. The molecule has 0 bridgehead atoms. The van der Waals surface area contributed by atoms with Crippen LogP contribution in [0.1, 0.15) is 47.6 Å². The summed E-state index contributed by atoms with van der Waals surface area (Å²) < 4.78 is 0. The minimum absolute atomic E-state index is 0.0618. The number of hydrogen-bond donors (Lipinski definition) is 1. The van der Waals surface area contributed by atoms with Crippen molar-refractivity contribution in [3.63, 3.8) is 0 Å². The van der Waals surface area contributed by atoms with Gasteiger partial charge in [0.25, 0.3) is 0 Å². The fourth-order valence-electron chi connectivity index (χ4n) is 2.60. The molecule has 0 aliphatic rings. The van der Waals surface area contributed by atoms with Crippen molar-refractivity contribution in [2.75, 3.05) is 0 Å². The molecule has 0 heterocycles. The van der Waals surface area contributed by atoms with E-state index in [-0.39, 0.29) is 6.04 Å². The Hall–Kier alpha value is -1.60. The number of benzene rings is 2. The summed E-state index contributed by atoms with van der Waals surface area (Å²) in [5.74, 6) is 0.378. The van der Waals surface area contributed by atoms with Crippen LogP contribution in [0.15, 0.2) is 48.5 Å². The number of rotatable bonds is 4. The first-order valence-corrected chi connectivity index (χ1v) is 7.01. The van der Waals surface area contributed by atoms with E-state index >= 15 is 0 Å². The van der Waals surface area contributed by atoms with Gasteiger partial charge in [0.1, 0.15) is 0 Å². The summed E-state index contributed by atoms with van der Waals surface area (Å²) in [6.45, 7) is 6.49. The normalized spacial score (nSPS) is 14.1. The third kappa shape index (κ3) is 3.05. The first-order chi connectivity index (χ1) is 9.13. The quantitative estimate of drug-likeness (QED) is 0.853. The first kappa shape index (κ1) is 13.8. The van der Waals surface area contributed by atoms with Crippen LogP contribution in [0.3, 0.4) is 0 Å². The maximum atomic E-state index is 6.50. The van der Waals surface area contributed by atoms with Crippen LogP contribution >= 0.6 is 0 Å². The SMILES string of the molecule is CCC(c1ccccc1)C(N)c1ccc(C)c(C)c1. The molecule has 2 N–H and O–H groups in total. The lowest BCUT2D eigenvalue weighted by atomic mass is 9.85. The van der Waals surface area contributed by atoms with Crippen molar-refractivity contribution in [2.24, 2.45) is 5.73 Å². The smallest absolute Gasteiger partial charge is 0.0364 e. The van der Waals surface area contributed by atoms with Gasteiger partial charge in [-0.2, -0.15) is 0 Å². The molecule has 2 rings (SSSR count). The molecule has 0 spiro atoms. The Kier molecular flexibility index (Phi) is 4.39. The van der Waals surface area contributed by atoms with Crippen molar-refractivity contribution in [2.45, 2.75) is 39.2 Å². The Morgan fingerprint density at radius 3 is 2.16 bits per heavy atom. The van der Waals surface area contributed by atoms with E-state index < -0.39 is 0 Å². The van der Waals surface area contributed by atoms with E-state index in [0.717, 1.165) is 6.42 Å². The van der Waals surface area contributed by atoms with E-state index in [1.807, 2.05) is 0 Å². The van der Waals surface area contributed by atoms with Crippen LogP contribution in [0.5, 0.6) is 0 Å². The molecule has 2 atom stereocenters. The van der Waals surface area contributed by atoms with Crippen molar-refractivity contribution >= 4 is 0 Å². The van der Waals surface area contributed by atoms with Gasteiger partial charge in [0.05, 0.1) is 0 Å². The Morgan fingerprint density at radius 2 is 1.58 bits per heavy atom. The lowest BCUT2D eigenvalue weighted by Gasteiger charge is -2.24. The minimum atomic E-state index is 0.0618. The summed E-state index contributed by atoms with van der Waals surface area (Å²) in [5, 5.41) is 0. The predicted molar refractivity (Wildman–Crippen MR) is 82.3 cm³/mol. The van der Waals surface area contributed by atoms with Crippen LogP contribution in [0.2, 0.25) is 0 Å². The zero-order valence-electron chi connectivity index (χ0n) is 12.1. The predicted octanol–water partition coefficient (Wildman–Crippen LogP) is 4.50. The van der Waals surface area contributed by atoms with Gasteiger partial charge in [-0.3, -0.25) is 0 Å². The highest BCUT2D eigenvalue weighted by Crippen LogP contribution is 2.32. The molecule has 1 nitrogen and oxygen atoms in total. The van der Waals surface area contributed by atoms with Crippen LogP contribution < -0.4 is 5.73 Å². The molecule has 100 valence electrons. The topological polar surface area (TPSA) is 26.0 Å². The lowest BCUT2D eigenvalue weighted by Crippen LogP contribution is -2.19. The van der Waals surface area contributed by atoms with E-state index in [1.54, 1.807) is 0 Å². The molecule has 0 saturated heterocycles. The number of aryl methyl sites for hydroxylation is 2. The van der Waals surface area contributed by atoms with Crippen LogP contribution in [0, 0.1) is 13.8 Å². The summed E-state index contributed by atoms with van der Waals surface area (Å²) >= 11 is 0. The number of hydrogen-bond acceptors (Lipinski definition) is 1. The maximum absolute atomic E-state index is 6.50. The van der Waals surface area contributed by atoms with E-state index in [9.17, 15) is 0 Å². The molecule has 0 amide bonds. The fourth-order valence-corrected chi connectivity index (χ4v) is 2.60. The standard InChI is InChI=1S/C18H23N/c1-4-17(15-8-6-5-7-9-15)18(19)16-11-10-13(2)14(3)12-16/h5-12,17-18H,4,19H2,1-3H3. The highest BCUT2D eigenvalue weighted by Gasteiger charge is 2.19. The molecule has 19 heavy (non-hydrogen) atoms. The summed E-state index contributed by atoms with van der Waals surface area (Å²) in [6.07, 6.45) is 1.05. The van der Waals surface area contributed by atoms with Gasteiger partial charge in [0, 0.05) is 12.0 Å². The van der Waals surface area contributed by atoms with E-state index in [0.29, 0.717) is 5.92 Å². The molecular weight excluding hydrogens is 230 g/mol. The Labute approximate surface area is 116 Å². The monoisotopic (exact) mass is 253 g/mol. The average Bonchev–Trinajstić information content (AvgIpc) is 2.44. The highest BCUT2D eigenvalue weighted by molar-refractivity contribution is 5.34. The van der Waals surface area contributed by atoms with Crippen LogP contribution in [0.25, 0.3) is 0 Å². The second kappa shape index (κ2) is 6.03. The van der Waals surface area contributed by atoms with E-state index in [4.69, 9.17) is 5.73 Å². The Bertz CT molecular complexity index is 531. The van der Waals surface area contributed by atoms with Gasteiger partial charge in [-0.05, 0) is 42.5 Å². The van der Waals surface area contributed by atoms with E-state index in [1.165, 1.54) is 22.3 Å². The molecule has 0 saturated carbocycles. The van der Waals surface area contributed by atoms with Crippen molar-refractivity contribution < 1.29 is 0 Å². The zero-order valence-corrected chi connectivity index (χ0v) is 12.1. The molecule has 2 aromatic carbocycles. The van der Waals surface area contributed by atoms with Gasteiger partial charge in [-0.25, -0.2) is 0 Å². The van der Waals surface area contributed by atoms with Crippen LogP contribution in [-0.2, 0) is 0 Å². The summed E-state index contributed by atoms with van der Waals surface area (Å²) in [4.78, 5) is 0. The zero-order chi connectivity index (χ0) is 13.8. The molecule has 2 aromatic rings. The Morgan fingerprint density at radius 1 is 0.895 bits per heavy atom. The highest BCUT2D eigenvalue weighted by atomic mass is 14.7. The van der Waals surface area contributed by atoms with Gasteiger partial charge < -0.3 is 5.73 Å². The van der Waals surface area contributed by atoms with Crippen LogP contribution in [0.4, 0.5) is 0 Å². The second-order valence-corrected chi connectivity index (χ2v) is 5.29. The molecule has 0 radical (unpaired) electrons. The molecular formula is C18H23N. The van der Waals surface area contributed by atoms with Crippen molar-refractivity contribution in [3.05, 3.63) is 70.8 Å². The molecule has 0 fully saturated rings.